The van der Waals surface area contributed by atoms with Gasteiger partial charge in [-0.2, -0.15) is 0 Å². The van der Waals surface area contributed by atoms with Gasteiger partial charge in [-0.1, -0.05) is 32.9 Å². The Kier molecular flexibility index (Phi) is 4.12. The summed E-state index contributed by atoms with van der Waals surface area (Å²) in [5.74, 6) is 0.935. The van der Waals surface area contributed by atoms with Crippen molar-refractivity contribution in [3.05, 3.63) is 29.3 Å². The summed E-state index contributed by atoms with van der Waals surface area (Å²) in [5, 5.41) is 9.31. The van der Waals surface area contributed by atoms with E-state index >= 15 is 0 Å². The van der Waals surface area contributed by atoms with Crippen molar-refractivity contribution in [2.45, 2.75) is 64.0 Å². The van der Waals surface area contributed by atoms with Gasteiger partial charge in [-0.05, 0) is 42.4 Å². The molecule has 0 radical (unpaired) electrons. The number of benzene rings is 1. The molecule has 1 saturated carbocycles. The molecule has 0 saturated heterocycles. The summed E-state index contributed by atoms with van der Waals surface area (Å²) in [4.78, 5) is 0. The van der Waals surface area contributed by atoms with E-state index in [2.05, 4.69) is 45.9 Å². The van der Waals surface area contributed by atoms with Gasteiger partial charge in [-0.25, -0.2) is 0 Å². The maximum Gasteiger partial charge on any atom is 0.122 e. The van der Waals surface area contributed by atoms with E-state index in [-0.39, 0.29) is 18.1 Å². The average molecular weight is 277 g/mol. The van der Waals surface area contributed by atoms with Crippen molar-refractivity contribution in [3.63, 3.8) is 0 Å². The molecule has 0 heterocycles. The van der Waals surface area contributed by atoms with Gasteiger partial charge in [0.15, 0.2) is 0 Å². The van der Waals surface area contributed by atoms with E-state index < -0.39 is 5.54 Å². The molecule has 2 unspecified atom stereocenters. The zero-order valence-electron chi connectivity index (χ0n) is 13.1. The van der Waals surface area contributed by atoms with Crippen molar-refractivity contribution in [3.8, 4) is 5.75 Å². The highest BCUT2D eigenvalue weighted by atomic mass is 16.5. The monoisotopic (exact) mass is 277 g/mol. The molecular formula is C17H27NO2. The van der Waals surface area contributed by atoms with Gasteiger partial charge >= 0.3 is 0 Å². The fourth-order valence-corrected chi connectivity index (χ4v) is 2.78. The van der Waals surface area contributed by atoms with Crippen LogP contribution in [0, 0.1) is 6.92 Å². The van der Waals surface area contributed by atoms with Gasteiger partial charge in [-0.15, -0.1) is 0 Å². The predicted octanol–water partition coefficient (Wildman–Crippen LogP) is 2.91. The van der Waals surface area contributed by atoms with Crippen LogP contribution in [0.2, 0.25) is 0 Å². The highest BCUT2D eigenvalue weighted by Gasteiger charge is 2.36. The van der Waals surface area contributed by atoms with Gasteiger partial charge in [0.2, 0.25) is 0 Å². The average Bonchev–Trinajstić information content (AvgIpc) is 2.73. The summed E-state index contributed by atoms with van der Waals surface area (Å²) in [6.45, 7) is 8.76. The summed E-state index contributed by atoms with van der Waals surface area (Å²) in [5.41, 5.74) is 8.27. The number of aliphatic hydroxyl groups excluding tert-OH is 1. The molecule has 1 aliphatic rings. The first-order chi connectivity index (χ1) is 9.23. The normalized spacial score (nSPS) is 26.8. The molecular weight excluding hydrogens is 250 g/mol. The molecule has 1 aromatic rings. The summed E-state index contributed by atoms with van der Waals surface area (Å²) in [6.07, 6.45) is 2.58. The van der Waals surface area contributed by atoms with Crippen molar-refractivity contribution >= 4 is 0 Å². The van der Waals surface area contributed by atoms with Crippen molar-refractivity contribution in [2.75, 3.05) is 6.61 Å². The molecule has 0 amide bonds. The lowest BCUT2D eigenvalue weighted by Gasteiger charge is -2.23. The van der Waals surface area contributed by atoms with Crippen LogP contribution in [-0.2, 0) is 5.41 Å². The molecule has 2 rings (SSSR count). The van der Waals surface area contributed by atoms with Gasteiger partial charge in [0.1, 0.15) is 11.9 Å². The summed E-state index contributed by atoms with van der Waals surface area (Å²) < 4.78 is 6.08. The molecule has 3 nitrogen and oxygen atoms in total. The topological polar surface area (TPSA) is 55.5 Å². The second kappa shape index (κ2) is 5.38. The van der Waals surface area contributed by atoms with E-state index in [1.165, 1.54) is 5.56 Å². The van der Waals surface area contributed by atoms with E-state index in [1.54, 1.807) is 0 Å². The van der Waals surface area contributed by atoms with Gasteiger partial charge in [0, 0.05) is 12.0 Å². The smallest absolute Gasteiger partial charge is 0.122 e. The predicted molar refractivity (Wildman–Crippen MR) is 82.2 cm³/mol. The molecule has 3 N–H and O–H groups in total. The van der Waals surface area contributed by atoms with Crippen LogP contribution >= 0.6 is 0 Å². The zero-order valence-corrected chi connectivity index (χ0v) is 13.1. The number of hydrogen-bond donors (Lipinski definition) is 2. The molecule has 0 aliphatic heterocycles. The highest BCUT2D eigenvalue weighted by molar-refractivity contribution is 5.39. The van der Waals surface area contributed by atoms with E-state index in [4.69, 9.17) is 10.5 Å². The van der Waals surface area contributed by atoms with Crippen LogP contribution in [-0.4, -0.2) is 23.4 Å². The zero-order chi connectivity index (χ0) is 15.0. The number of hydrogen-bond acceptors (Lipinski definition) is 3. The Labute approximate surface area is 122 Å². The van der Waals surface area contributed by atoms with Gasteiger partial charge in [0.25, 0.3) is 0 Å². The highest BCUT2D eigenvalue weighted by Crippen LogP contribution is 2.33. The first kappa shape index (κ1) is 15.3. The van der Waals surface area contributed by atoms with Crippen LogP contribution < -0.4 is 10.5 Å². The molecule has 0 spiro atoms. The number of ether oxygens (including phenoxy) is 1. The van der Waals surface area contributed by atoms with Crippen LogP contribution in [0.15, 0.2) is 18.2 Å². The fourth-order valence-electron chi connectivity index (χ4n) is 2.78. The largest absolute Gasteiger partial charge is 0.490 e. The van der Waals surface area contributed by atoms with Crippen LogP contribution in [0.3, 0.4) is 0 Å². The minimum Gasteiger partial charge on any atom is -0.490 e. The number of aliphatic hydroxyl groups is 1. The van der Waals surface area contributed by atoms with Crippen molar-refractivity contribution in [1.29, 1.82) is 0 Å². The quantitative estimate of drug-likeness (QED) is 0.893. The van der Waals surface area contributed by atoms with Gasteiger partial charge in [-0.3, -0.25) is 0 Å². The summed E-state index contributed by atoms with van der Waals surface area (Å²) in [7, 11) is 0. The van der Waals surface area contributed by atoms with Crippen molar-refractivity contribution in [1.82, 2.24) is 0 Å². The SMILES string of the molecule is Cc1cc(C(C)(C)C)ccc1OC1CCC(N)(CO)C1. The Bertz CT molecular complexity index is 478. The Morgan fingerprint density at radius 2 is 2.10 bits per heavy atom. The Morgan fingerprint density at radius 3 is 2.60 bits per heavy atom. The standard InChI is InChI=1S/C17H27NO2/c1-12-9-13(16(2,3)4)5-6-15(12)20-14-7-8-17(18,10-14)11-19/h5-6,9,14,19H,7-8,10-11,18H2,1-4H3. The maximum atomic E-state index is 9.31. The fraction of sp³-hybridized carbons (Fsp3) is 0.647. The molecule has 1 aliphatic carbocycles. The Balaban J connectivity index is 2.08. The van der Waals surface area contributed by atoms with Crippen LogP contribution in [0.4, 0.5) is 0 Å². The molecule has 3 heteroatoms. The van der Waals surface area contributed by atoms with Gasteiger partial charge < -0.3 is 15.6 Å². The number of rotatable bonds is 3. The maximum absolute atomic E-state index is 9.31. The molecule has 0 bridgehead atoms. The van der Waals surface area contributed by atoms with E-state index in [0.29, 0.717) is 0 Å². The third-order valence-electron chi connectivity index (χ3n) is 4.25. The van der Waals surface area contributed by atoms with E-state index in [9.17, 15) is 5.11 Å². The third kappa shape index (κ3) is 3.33. The number of aryl methyl sites for hydroxylation is 1. The second-order valence-corrected chi connectivity index (χ2v) is 7.23. The molecule has 20 heavy (non-hydrogen) atoms. The minimum atomic E-state index is -0.454. The number of nitrogens with two attached hydrogens (primary N) is 1. The van der Waals surface area contributed by atoms with Crippen molar-refractivity contribution < 1.29 is 9.84 Å². The lowest BCUT2D eigenvalue weighted by molar-refractivity contribution is 0.165. The molecule has 112 valence electrons. The lowest BCUT2D eigenvalue weighted by Crippen LogP contribution is -2.41. The minimum absolute atomic E-state index is 0.0365. The summed E-state index contributed by atoms with van der Waals surface area (Å²) >= 11 is 0. The Hall–Kier alpha value is -1.06. The Morgan fingerprint density at radius 1 is 1.40 bits per heavy atom. The molecule has 2 atom stereocenters. The second-order valence-electron chi connectivity index (χ2n) is 7.23. The van der Waals surface area contributed by atoms with Crippen LogP contribution in [0.5, 0.6) is 5.75 Å². The lowest BCUT2D eigenvalue weighted by atomic mass is 9.86. The third-order valence-corrected chi connectivity index (χ3v) is 4.25. The van der Waals surface area contributed by atoms with E-state index in [0.717, 1.165) is 30.6 Å². The van der Waals surface area contributed by atoms with Gasteiger partial charge in [0.05, 0.1) is 6.61 Å². The van der Waals surface area contributed by atoms with Crippen LogP contribution in [0.1, 0.15) is 51.2 Å². The van der Waals surface area contributed by atoms with E-state index in [1.807, 2.05) is 0 Å². The van der Waals surface area contributed by atoms with Crippen LogP contribution in [0.25, 0.3) is 0 Å². The van der Waals surface area contributed by atoms with Crippen molar-refractivity contribution in [2.24, 2.45) is 5.73 Å². The first-order valence-corrected chi connectivity index (χ1v) is 7.41. The summed E-state index contributed by atoms with van der Waals surface area (Å²) in [6, 6.07) is 6.40. The molecule has 1 aromatic carbocycles. The molecule has 0 aromatic heterocycles. The molecule has 1 fully saturated rings. The first-order valence-electron chi connectivity index (χ1n) is 7.41.